The quantitative estimate of drug-likeness (QED) is 0.571. The molecule has 2 aromatic rings. The van der Waals surface area contributed by atoms with Crippen LogP contribution in [0.2, 0.25) is 0 Å². The summed E-state index contributed by atoms with van der Waals surface area (Å²) in [4.78, 5) is 3.27. The first kappa shape index (κ1) is 14.6. The summed E-state index contributed by atoms with van der Waals surface area (Å²) in [7, 11) is 0. The Labute approximate surface area is 113 Å². The fraction of sp³-hybridized carbons (Fsp3) is 0.125. The summed E-state index contributed by atoms with van der Waals surface area (Å²) in [5.41, 5.74) is 8.66. The molecule has 0 unspecified atom stereocenters. The maximum atomic E-state index is 8.79. The van der Waals surface area contributed by atoms with Gasteiger partial charge in [-0.05, 0) is 23.8 Å². The molecule has 3 heteroatoms. The number of para-hydroxylation sites is 1. The highest BCUT2D eigenvalue weighted by Crippen LogP contribution is 2.21. The van der Waals surface area contributed by atoms with Crippen LogP contribution in [0.15, 0.2) is 61.0 Å². The molecule has 19 heavy (non-hydrogen) atoms. The number of aromatic amines is 1. The normalized spacial score (nSPS) is 11.9. The van der Waals surface area contributed by atoms with Gasteiger partial charge in [-0.3, -0.25) is 0 Å². The van der Waals surface area contributed by atoms with Gasteiger partial charge >= 0.3 is 0 Å². The zero-order valence-electron chi connectivity index (χ0n) is 11.4. The molecule has 0 radical (unpaired) electrons. The summed E-state index contributed by atoms with van der Waals surface area (Å²) in [6, 6.07) is 10.0. The van der Waals surface area contributed by atoms with Crippen molar-refractivity contribution in [3.63, 3.8) is 0 Å². The maximum absolute atomic E-state index is 8.79. The van der Waals surface area contributed by atoms with Gasteiger partial charge in [0.05, 0.1) is 5.70 Å². The third kappa shape index (κ3) is 3.52. The minimum absolute atomic E-state index is 0.290. The predicted octanol–water partition coefficient (Wildman–Crippen LogP) is 4.12. The molecule has 0 atom stereocenters. The Morgan fingerprint density at radius 1 is 1.32 bits per heavy atom. The van der Waals surface area contributed by atoms with Gasteiger partial charge in [-0.1, -0.05) is 44.7 Å². The van der Waals surface area contributed by atoms with E-state index in [9.17, 15) is 0 Å². The van der Waals surface area contributed by atoms with Crippen LogP contribution in [0.3, 0.4) is 0 Å². The second-order valence-electron chi connectivity index (χ2n) is 3.70. The number of hydrogen-bond donors (Lipinski definition) is 3. The molecular formula is C16H20N2O. The van der Waals surface area contributed by atoms with E-state index >= 15 is 0 Å². The molecule has 1 heterocycles. The number of aliphatic hydroxyl groups excluding tert-OH is 1. The molecular weight excluding hydrogens is 236 g/mol. The summed E-state index contributed by atoms with van der Waals surface area (Å²) in [6.45, 7) is 7.74. The number of fused-ring (bicyclic) bond motifs is 1. The molecule has 3 nitrogen and oxygen atoms in total. The third-order valence-electron chi connectivity index (χ3n) is 2.53. The van der Waals surface area contributed by atoms with Gasteiger partial charge in [-0.15, -0.1) is 0 Å². The molecule has 0 bridgehead atoms. The van der Waals surface area contributed by atoms with Gasteiger partial charge in [-0.25, -0.2) is 0 Å². The summed E-state index contributed by atoms with van der Waals surface area (Å²) in [5.74, 6) is 0. The first-order valence-corrected chi connectivity index (χ1v) is 6.26. The summed E-state index contributed by atoms with van der Waals surface area (Å²) in [5, 5.41) is 9.92. The van der Waals surface area contributed by atoms with Gasteiger partial charge in [0, 0.05) is 16.6 Å². The monoisotopic (exact) mass is 256 g/mol. The van der Waals surface area contributed by atoms with Crippen LogP contribution in [0.5, 0.6) is 0 Å². The molecule has 0 saturated heterocycles. The lowest BCUT2D eigenvalue weighted by atomic mass is 10.1. The Kier molecular flexibility index (Phi) is 5.48. The second kappa shape index (κ2) is 7.11. The van der Waals surface area contributed by atoms with Crippen LogP contribution in [-0.2, 0) is 0 Å². The number of H-pyrrole nitrogens is 1. The molecule has 2 rings (SSSR count). The molecule has 1 aromatic carbocycles. The van der Waals surface area contributed by atoms with Crippen molar-refractivity contribution in [1.82, 2.24) is 4.98 Å². The zero-order valence-corrected chi connectivity index (χ0v) is 11.4. The third-order valence-corrected chi connectivity index (χ3v) is 2.53. The van der Waals surface area contributed by atoms with E-state index < -0.39 is 0 Å². The molecule has 0 amide bonds. The average Bonchev–Trinajstić information content (AvgIpc) is 2.90. The van der Waals surface area contributed by atoms with E-state index in [1.54, 1.807) is 12.2 Å². The maximum Gasteiger partial charge on any atom is 0.102 e. The number of benzene rings is 1. The highest BCUT2D eigenvalue weighted by atomic mass is 16.2. The number of nitrogens with two attached hydrogens (primary N) is 1. The van der Waals surface area contributed by atoms with Crippen molar-refractivity contribution >= 4 is 16.5 Å². The van der Waals surface area contributed by atoms with E-state index in [-0.39, 0.29) is 0 Å². The highest BCUT2D eigenvalue weighted by molar-refractivity contribution is 5.86. The SMILES string of the molecule is C=C/C(=C\C(N)=C\O)c1cc2ccccc2[nH]1.CC. The second-order valence-corrected chi connectivity index (χ2v) is 3.70. The lowest BCUT2D eigenvalue weighted by Crippen LogP contribution is -1.94. The molecule has 100 valence electrons. The van der Waals surface area contributed by atoms with Crippen molar-refractivity contribution in [2.24, 2.45) is 5.73 Å². The fourth-order valence-electron chi connectivity index (χ4n) is 1.69. The smallest absolute Gasteiger partial charge is 0.102 e. The summed E-state index contributed by atoms with van der Waals surface area (Å²) >= 11 is 0. The Hall–Kier alpha value is -2.42. The first-order valence-electron chi connectivity index (χ1n) is 6.26. The number of aliphatic hydroxyl groups is 1. The van der Waals surface area contributed by atoms with Crippen LogP contribution < -0.4 is 5.73 Å². The fourth-order valence-corrected chi connectivity index (χ4v) is 1.69. The molecule has 0 aliphatic rings. The molecule has 0 spiro atoms. The van der Waals surface area contributed by atoms with E-state index in [1.165, 1.54) is 0 Å². The van der Waals surface area contributed by atoms with Crippen LogP contribution in [-0.4, -0.2) is 10.1 Å². The van der Waals surface area contributed by atoms with Crippen molar-refractivity contribution in [3.05, 3.63) is 66.7 Å². The summed E-state index contributed by atoms with van der Waals surface area (Å²) < 4.78 is 0. The zero-order chi connectivity index (χ0) is 14.3. The molecule has 0 aliphatic carbocycles. The number of allylic oxidation sites excluding steroid dienone is 3. The van der Waals surface area contributed by atoms with Crippen molar-refractivity contribution < 1.29 is 5.11 Å². The highest BCUT2D eigenvalue weighted by Gasteiger charge is 2.03. The number of aromatic nitrogens is 1. The van der Waals surface area contributed by atoms with Gasteiger partial charge in [0.25, 0.3) is 0 Å². The van der Waals surface area contributed by atoms with Crippen LogP contribution in [0, 0.1) is 0 Å². The Bertz CT molecular complexity index is 573. The van der Waals surface area contributed by atoms with E-state index in [0.717, 1.165) is 28.4 Å². The molecule has 0 aliphatic heterocycles. The van der Waals surface area contributed by atoms with Gasteiger partial charge in [0.1, 0.15) is 6.26 Å². The predicted molar refractivity (Wildman–Crippen MR) is 82.7 cm³/mol. The van der Waals surface area contributed by atoms with Gasteiger partial charge < -0.3 is 15.8 Å². The van der Waals surface area contributed by atoms with Crippen LogP contribution in [0.25, 0.3) is 16.5 Å². The van der Waals surface area contributed by atoms with Crippen LogP contribution >= 0.6 is 0 Å². The number of nitrogens with one attached hydrogen (secondary N) is 1. The minimum atomic E-state index is 0.290. The van der Waals surface area contributed by atoms with Gasteiger partial charge in [0.15, 0.2) is 0 Å². The lowest BCUT2D eigenvalue weighted by Gasteiger charge is -1.98. The Morgan fingerprint density at radius 3 is 2.58 bits per heavy atom. The van der Waals surface area contributed by atoms with Crippen LogP contribution in [0.1, 0.15) is 19.5 Å². The minimum Gasteiger partial charge on any atom is -0.513 e. The van der Waals surface area contributed by atoms with Crippen LogP contribution in [0.4, 0.5) is 0 Å². The van der Waals surface area contributed by atoms with E-state index in [1.807, 2.05) is 44.2 Å². The number of rotatable bonds is 3. The average molecular weight is 256 g/mol. The Balaban J connectivity index is 0.000000861. The van der Waals surface area contributed by atoms with Gasteiger partial charge in [0.2, 0.25) is 0 Å². The van der Waals surface area contributed by atoms with E-state index in [4.69, 9.17) is 10.8 Å². The van der Waals surface area contributed by atoms with Crippen molar-refractivity contribution in [2.75, 3.05) is 0 Å². The largest absolute Gasteiger partial charge is 0.513 e. The van der Waals surface area contributed by atoms with E-state index in [2.05, 4.69) is 11.6 Å². The van der Waals surface area contributed by atoms with Crippen molar-refractivity contribution in [2.45, 2.75) is 13.8 Å². The molecule has 0 saturated carbocycles. The lowest BCUT2D eigenvalue weighted by molar-refractivity contribution is 0.468. The summed E-state index contributed by atoms with van der Waals surface area (Å²) in [6.07, 6.45) is 4.23. The molecule has 0 fully saturated rings. The first-order chi connectivity index (χ1) is 9.24. The van der Waals surface area contributed by atoms with Crippen molar-refractivity contribution in [1.29, 1.82) is 0 Å². The number of hydrogen-bond acceptors (Lipinski definition) is 2. The van der Waals surface area contributed by atoms with E-state index in [0.29, 0.717) is 5.70 Å². The molecule has 4 N–H and O–H groups in total. The standard InChI is InChI=1S/C14H14N2O.C2H6/c1-2-10(7-12(15)9-17)14-8-11-5-3-4-6-13(11)16-14;1-2/h2-9,16-17H,1,15H2;1-2H3/b10-7+,12-9-;. The molecule has 1 aromatic heterocycles. The van der Waals surface area contributed by atoms with Gasteiger partial charge in [-0.2, -0.15) is 0 Å². The topological polar surface area (TPSA) is 62.0 Å². The van der Waals surface area contributed by atoms with Crippen molar-refractivity contribution in [3.8, 4) is 0 Å². The Morgan fingerprint density at radius 2 is 2.00 bits per heavy atom.